The minimum Gasteiger partial charge on any atom is -0.382 e. The summed E-state index contributed by atoms with van der Waals surface area (Å²) in [5, 5.41) is 3.07. The predicted molar refractivity (Wildman–Crippen MR) is 77.9 cm³/mol. The molecule has 0 aliphatic heterocycles. The van der Waals surface area contributed by atoms with E-state index < -0.39 is 11.7 Å². The number of alkyl halides is 3. The fraction of sp³-hybridized carbons (Fsp3) is 0.571. The molecule has 114 valence electrons. The van der Waals surface area contributed by atoms with E-state index in [4.69, 9.17) is 4.74 Å². The molecular formula is C14H19BrF3NO. The lowest BCUT2D eigenvalue weighted by molar-refractivity contribution is -0.138. The fourth-order valence-corrected chi connectivity index (χ4v) is 2.46. The molecule has 1 aromatic carbocycles. The van der Waals surface area contributed by atoms with Gasteiger partial charge in [-0.1, -0.05) is 15.9 Å². The van der Waals surface area contributed by atoms with E-state index in [1.807, 2.05) is 20.8 Å². The van der Waals surface area contributed by atoms with Crippen LogP contribution in [0.15, 0.2) is 22.7 Å². The zero-order valence-electron chi connectivity index (χ0n) is 11.9. The Balaban J connectivity index is 2.84. The quantitative estimate of drug-likeness (QED) is 0.796. The van der Waals surface area contributed by atoms with Gasteiger partial charge in [-0.3, -0.25) is 0 Å². The molecule has 0 fully saturated rings. The van der Waals surface area contributed by atoms with Crippen molar-refractivity contribution in [3.63, 3.8) is 0 Å². The normalized spacial score (nSPS) is 14.2. The zero-order chi connectivity index (χ0) is 15.6. The second-order valence-electron chi connectivity index (χ2n) is 5.41. The van der Waals surface area contributed by atoms with Gasteiger partial charge in [0.2, 0.25) is 0 Å². The fourth-order valence-electron chi connectivity index (χ4n) is 1.99. The molecule has 6 heteroatoms. The van der Waals surface area contributed by atoms with Crippen LogP contribution in [0.2, 0.25) is 0 Å². The minimum absolute atomic E-state index is 0.00721. The van der Waals surface area contributed by atoms with Crippen LogP contribution in [0.4, 0.5) is 18.9 Å². The molecule has 0 aliphatic carbocycles. The van der Waals surface area contributed by atoms with Crippen LogP contribution >= 0.6 is 15.9 Å². The number of benzene rings is 1. The van der Waals surface area contributed by atoms with Crippen LogP contribution in [-0.4, -0.2) is 18.8 Å². The number of anilines is 1. The third-order valence-electron chi connectivity index (χ3n) is 3.04. The summed E-state index contributed by atoms with van der Waals surface area (Å²) in [6.45, 7) is 5.79. The van der Waals surface area contributed by atoms with E-state index in [2.05, 4.69) is 21.2 Å². The number of hydrogen-bond acceptors (Lipinski definition) is 2. The van der Waals surface area contributed by atoms with Crippen molar-refractivity contribution in [1.29, 1.82) is 0 Å². The highest BCUT2D eigenvalue weighted by Crippen LogP contribution is 2.36. The second-order valence-corrected chi connectivity index (χ2v) is 6.26. The third-order valence-corrected chi connectivity index (χ3v) is 3.73. The van der Waals surface area contributed by atoms with Gasteiger partial charge >= 0.3 is 6.18 Å². The lowest BCUT2D eigenvalue weighted by Gasteiger charge is -2.27. The van der Waals surface area contributed by atoms with Gasteiger partial charge in [0, 0.05) is 23.3 Å². The van der Waals surface area contributed by atoms with Crippen LogP contribution in [0, 0.1) is 0 Å². The first-order valence-electron chi connectivity index (χ1n) is 6.23. The Kier molecular flexibility index (Phi) is 5.49. The van der Waals surface area contributed by atoms with E-state index in [0.717, 1.165) is 6.07 Å². The topological polar surface area (TPSA) is 21.3 Å². The van der Waals surface area contributed by atoms with Crippen molar-refractivity contribution in [3.8, 4) is 0 Å². The van der Waals surface area contributed by atoms with E-state index >= 15 is 0 Å². The molecule has 0 amide bonds. The number of ether oxygens (including phenoxy) is 1. The third kappa shape index (κ3) is 4.98. The first-order chi connectivity index (χ1) is 9.05. The molecule has 0 aromatic heterocycles. The van der Waals surface area contributed by atoms with Crippen molar-refractivity contribution >= 4 is 21.6 Å². The SMILES string of the molecule is COC(C)(C)CC(C)Nc1ccc(Br)c(C(F)(F)F)c1. The molecule has 1 aromatic rings. The summed E-state index contributed by atoms with van der Waals surface area (Å²) in [7, 11) is 1.62. The summed E-state index contributed by atoms with van der Waals surface area (Å²) >= 11 is 2.92. The highest BCUT2D eigenvalue weighted by molar-refractivity contribution is 9.10. The molecule has 1 atom stereocenters. The van der Waals surface area contributed by atoms with Crippen LogP contribution in [0.5, 0.6) is 0 Å². The summed E-state index contributed by atoms with van der Waals surface area (Å²) in [4.78, 5) is 0. The Morgan fingerprint density at radius 2 is 1.90 bits per heavy atom. The average Bonchev–Trinajstić information content (AvgIpc) is 2.29. The Labute approximate surface area is 125 Å². The molecular weight excluding hydrogens is 335 g/mol. The molecule has 1 N–H and O–H groups in total. The van der Waals surface area contributed by atoms with E-state index in [1.165, 1.54) is 6.07 Å². The summed E-state index contributed by atoms with van der Waals surface area (Å²) < 4.78 is 43.8. The molecule has 0 saturated heterocycles. The first kappa shape index (κ1) is 17.3. The second kappa shape index (κ2) is 6.35. The molecule has 2 nitrogen and oxygen atoms in total. The Hall–Kier alpha value is -0.750. The Morgan fingerprint density at radius 1 is 1.30 bits per heavy atom. The lowest BCUT2D eigenvalue weighted by atomic mass is 9.99. The highest BCUT2D eigenvalue weighted by atomic mass is 79.9. The smallest absolute Gasteiger partial charge is 0.382 e. The molecule has 1 rings (SSSR count). The van der Waals surface area contributed by atoms with Crippen molar-refractivity contribution in [2.24, 2.45) is 0 Å². The Morgan fingerprint density at radius 3 is 2.40 bits per heavy atom. The molecule has 0 spiro atoms. The van der Waals surface area contributed by atoms with E-state index in [1.54, 1.807) is 13.2 Å². The monoisotopic (exact) mass is 353 g/mol. The van der Waals surface area contributed by atoms with Gasteiger partial charge < -0.3 is 10.1 Å². The van der Waals surface area contributed by atoms with Gasteiger partial charge in [-0.25, -0.2) is 0 Å². The van der Waals surface area contributed by atoms with E-state index in [-0.39, 0.29) is 16.1 Å². The maximum atomic E-state index is 12.8. The summed E-state index contributed by atoms with van der Waals surface area (Å²) in [6.07, 6.45) is -3.69. The van der Waals surface area contributed by atoms with E-state index in [9.17, 15) is 13.2 Å². The molecule has 0 bridgehead atoms. The van der Waals surface area contributed by atoms with Crippen LogP contribution in [0.25, 0.3) is 0 Å². The number of halogens is 4. The highest BCUT2D eigenvalue weighted by Gasteiger charge is 2.33. The minimum atomic E-state index is -4.37. The van der Waals surface area contributed by atoms with Gasteiger partial charge in [-0.05, 0) is 45.4 Å². The molecule has 1 unspecified atom stereocenters. The van der Waals surface area contributed by atoms with Gasteiger partial charge in [-0.2, -0.15) is 13.2 Å². The summed E-state index contributed by atoms with van der Waals surface area (Å²) in [6, 6.07) is 4.13. The van der Waals surface area contributed by atoms with Gasteiger partial charge in [0.15, 0.2) is 0 Å². The number of nitrogens with one attached hydrogen (secondary N) is 1. The van der Waals surface area contributed by atoms with Gasteiger partial charge in [0.25, 0.3) is 0 Å². The zero-order valence-corrected chi connectivity index (χ0v) is 13.5. The molecule has 20 heavy (non-hydrogen) atoms. The first-order valence-corrected chi connectivity index (χ1v) is 7.03. The molecule has 0 aliphatic rings. The van der Waals surface area contributed by atoms with Crippen molar-refractivity contribution < 1.29 is 17.9 Å². The van der Waals surface area contributed by atoms with Crippen LogP contribution < -0.4 is 5.32 Å². The van der Waals surface area contributed by atoms with Gasteiger partial charge in [-0.15, -0.1) is 0 Å². The summed E-state index contributed by atoms with van der Waals surface area (Å²) in [5.41, 5.74) is -0.560. The average molecular weight is 354 g/mol. The van der Waals surface area contributed by atoms with Crippen LogP contribution in [0.1, 0.15) is 32.8 Å². The van der Waals surface area contributed by atoms with E-state index in [0.29, 0.717) is 12.1 Å². The number of methoxy groups -OCH3 is 1. The maximum Gasteiger partial charge on any atom is 0.417 e. The van der Waals surface area contributed by atoms with Crippen LogP contribution in [0.3, 0.4) is 0 Å². The van der Waals surface area contributed by atoms with Gasteiger partial charge in [0.05, 0.1) is 11.2 Å². The standard InChI is InChI=1S/C14H19BrF3NO/c1-9(8-13(2,3)20-4)19-10-5-6-12(15)11(7-10)14(16,17)18/h5-7,9,19H,8H2,1-4H3. The Bertz CT molecular complexity index is 460. The largest absolute Gasteiger partial charge is 0.417 e. The molecule has 0 radical (unpaired) electrons. The number of rotatable bonds is 5. The lowest BCUT2D eigenvalue weighted by Crippen LogP contribution is -2.31. The van der Waals surface area contributed by atoms with Crippen molar-refractivity contribution in [2.75, 3.05) is 12.4 Å². The van der Waals surface area contributed by atoms with Crippen molar-refractivity contribution in [2.45, 2.75) is 45.0 Å². The van der Waals surface area contributed by atoms with Crippen molar-refractivity contribution in [1.82, 2.24) is 0 Å². The molecule has 0 saturated carbocycles. The number of hydrogen-bond donors (Lipinski definition) is 1. The predicted octanol–water partition coefficient (Wildman–Crippen LogP) is 5.08. The maximum absolute atomic E-state index is 12.8. The van der Waals surface area contributed by atoms with Gasteiger partial charge in [0.1, 0.15) is 0 Å². The summed E-state index contributed by atoms with van der Waals surface area (Å²) in [5.74, 6) is 0. The molecule has 0 heterocycles. The van der Waals surface area contributed by atoms with Crippen molar-refractivity contribution in [3.05, 3.63) is 28.2 Å². The van der Waals surface area contributed by atoms with Crippen LogP contribution in [-0.2, 0) is 10.9 Å².